The first kappa shape index (κ1) is 13.6. The molecule has 110 valence electrons. The van der Waals surface area contributed by atoms with Gasteiger partial charge in [-0.25, -0.2) is 5.84 Å². The highest BCUT2D eigenvalue weighted by molar-refractivity contribution is 5.99. The fraction of sp³-hybridized carbons (Fsp3) is 0.333. The molecular formula is C15H17N3O3. The number of nitrogens with one attached hydrogen (secondary N) is 1. The van der Waals surface area contributed by atoms with Gasteiger partial charge in [-0.05, 0) is 18.9 Å². The van der Waals surface area contributed by atoms with E-state index in [1.807, 2.05) is 18.2 Å². The zero-order valence-corrected chi connectivity index (χ0v) is 11.6. The van der Waals surface area contributed by atoms with Crippen LogP contribution in [0.1, 0.15) is 35.4 Å². The second-order valence-corrected chi connectivity index (χ2v) is 5.15. The maximum absolute atomic E-state index is 12.0. The number of rotatable bonds is 3. The molecule has 6 heteroatoms. The van der Waals surface area contributed by atoms with Gasteiger partial charge in [-0.1, -0.05) is 18.2 Å². The number of carbonyl (C=O) groups excluding carboxylic acids is 2. The predicted octanol–water partition coefficient (Wildman–Crippen LogP) is 1.55. The highest BCUT2D eigenvalue weighted by Gasteiger charge is 2.25. The third-order valence-electron chi connectivity index (χ3n) is 3.81. The summed E-state index contributed by atoms with van der Waals surface area (Å²) in [5.41, 5.74) is 3.43. The number of para-hydroxylation sites is 1. The predicted molar refractivity (Wildman–Crippen MR) is 77.1 cm³/mol. The highest BCUT2D eigenvalue weighted by atomic mass is 16.3. The van der Waals surface area contributed by atoms with Gasteiger partial charge in [0.05, 0.1) is 6.54 Å². The Bertz CT molecular complexity index is 693. The molecule has 1 aromatic heterocycles. The first-order valence-electron chi connectivity index (χ1n) is 7.00. The molecule has 0 radical (unpaired) electrons. The number of likely N-dealkylation sites (tertiary alicyclic amines) is 1. The SMILES string of the molecule is NNC(=O)c1oc2ccccc2c1CN1CCCCC1=O. The molecule has 0 unspecified atom stereocenters. The van der Waals surface area contributed by atoms with Crippen LogP contribution in [0.3, 0.4) is 0 Å². The van der Waals surface area contributed by atoms with E-state index in [4.69, 9.17) is 10.3 Å². The van der Waals surface area contributed by atoms with E-state index in [1.54, 1.807) is 11.0 Å². The molecule has 21 heavy (non-hydrogen) atoms. The number of piperidine rings is 1. The number of hydrogen-bond acceptors (Lipinski definition) is 4. The number of carbonyl (C=O) groups is 2. The number of benzene rings is 1. The smallest absolute Gasteiger partial charge is 0.301 e. The van der Waals surface area contributed by atoms with Crippen LogP contribution in [0.4, 0.5) is 0 Å². The minimum absolute atomic E-state index is 0.116. The topological polar surface area (TPSA) is 88.6 Å². The van der Waals surface area contributed by atoms with Crippen molar-refractivity contribution in [3.05, 3.63) is 35.6 Å². The zero-order chi connectivity index (χ0) is 14.8. The van der Waals surface area contributed by atoms with Crippen LogP contribution in [0.2, 0.25) is 0 Å². The standard InChI is InChI=1S/C15H17N3O3/c16-17-15(20)14-11(9-18-8-4-3-7-13(18)19)10-5-1-2-6-12(10)21-14/h1-2,5-6H,3-4,7-9,16H2,(H,17,20). The first-order valence-corrected chi connectivity index (χ1v) is 7.00. The van der Waals surface area contributed by atoms with Crippen molar-refractivity contribution in [2.75, 3.05) is 6.54 Å². The summed E-state index contributed by atoms with van der Waals surface area (Å²) in [6.07, 6.45) is 2.48. The monoisotopic (exact) mass is 287 g/mol. The van der Waals surface area contributed by atoms with Crippen LogP contribution in [-0.2, 0) is 11.3 Å². The fourth-order valence-electron chi connectivity index (χ4n) is 2.72. The Labute approximate surface area is 121 Å². The number of nitrogen functional groups attached to an aromatic ring is 1. The van der Waals surface area contributed by atoms with Gasteiger partial charge in [0, 0.05) is 23.9 Å². The number of hydrogen-bond donors (Lipinski definition) is 2. The van der Waals surface area contributed by atoms with E-state index in [-0.39, 0.29) is 11.7 Å². The van der Waals surface area contributed by atoms with Gasteiger partial charge in [-0.2, -0.15) is 0 Å². The number of amides is 2. The van der Waals surface area contributed by atoms with Crippen LogP contribution in [0.15, 0.2) is 28.7 Å². The molecule has 1 aliphatic rings. The minimum Gasteiger partial charge on any atom is -0.450 e. The molecule has 2 heterocycles. The van der Waals surface area contributed by atoms with Crippen LogP contribution in [0.25, 0.3) is 11.0 Å². The Morgan fingerprint density at radius 3 is 2.90 bits per heavy atom. The number of nitrogens with two attached hydrogens (primary N) is 1. The summed E-state index contributed by atoms with van der Waals surface area (Å²) in [4.78, 5) is 25.6. The molecule has 6 nitrogen and oxygen atoms in total. The first-order chi connectivity index (χ1) is 10.2. The lowest BCUT2D eigenvalue weighted by Crippen LogP contribution is -2.36. The maximum atomic E-state index is 12.0. The van der Waals surface area contributed by atoms with Crippen molar-refractivity contribution in [1.82, 2.24) is 10.3 Å². The van der Waals surface area contributed by atoms with Gasteiger partial charge in [0.25, 0.3) is 0 Å². The number of fused-ring (bicyclic) bond motifs is 1. The summed E-state index contributed by atoms with van der Waals surface area (Å²) >= 11 is 0. The molecular weight excluding hydrogens is 270 g/mol. The average molecular weight is 287 g/mol. The van der Waals surface area contributed by atoms with Crippen molar-refractivity contribution in [3.63, 3.8) is 0 Å². The molecule has 1 aliphatic heterocycles. The van der Waals surface area contributed by atoms with E-state index < -0.39 is 5.91 Å². The zero-order valence-electron chi connectivity index (χ0n) is 11.6. The largest absolute Gasteiger partial charge is 0.450 e. The Balaban J connectivity index is 2.02. The van der Waals surface area contributed by atoms with Crippen LogP contribution in [-0.4, -0.2) is 23.3 Å². The van der Waals surface area contributed by atoms with Crippen LogP contribution in [0.5, 0.6) is 0 Å². The lowest BCUT2D eigenvalue weighted by atomic mass is 10.1. The van der Waals surface area contributed by atoms with Crippen molar-refractivity contribution < 1.29 is 14.0 Å². The third kappa shape index (κ3) is 2.50. The fourth-order valence-corrected chi connectivity index (χ4v) is 2.72. The van der Waals surface area contributed by atoms with E-state index in [2.05, 4.69) is 5.43 Å². The molecule has 0 bridgehead atoms. The Hall–Kier alpha value is -2.34. The molecule has 3 rings (SSSR count). The summed E-state index contributed by atoms with van der Waals surface area (Å²) in [5, 5.41) is 0.842. The lowest BCUT2D eigenvalue weighted by molar-refractivity contribution is -0.133. The molecule has 2 aromatic rings. The van der Waals surface area contributed by atoms with Crippen molar-refractivity contribution >= 4 is 22.8 Å². The van der Waals surface area contributed by atoms with E-state index in [1.165, 1.54) is 0 Å². The number of furan rings is 1. The molecule has 2 amide bonds. The third-order valence-corrected chi connectivity index (χ3v) is 3.81. The normalized spacial score (nSPS) is 15.5. The van der Waals surface area contributed by atoms with Crippen LogP contribution >= 0.6 is 0 Å². The average Bonchev–Trinajstić information content (AvgIpc) is 2.88. The molecule has 0 spiro atoms. The van der Waals surface area contributed by atoms with Crippen molar-refractivity contribution in [1.29, 1.82) is 0 Å². The van der Waals surface area contributed by atoms with Crippen molar-refractivity contribution in [2.24, 2.45) is 5.84 Å². The molecule has 3 N–H and O–H groups in total. The second kappa shape index (κ2) is 5.57. The van der Waals surface area contributed by atoms with Gasteiger partial charge in [0.2, 0.25) is 5.91 Å². The molecule has 1 aromatic carbocycles. The minimum atomic E-state index is -0.481. The summed E-state index contributed by atoms with van der Waals surface area (Å²) in [7, 11) is 0. The summed E-state index contributed by atoms with van der Waals surface area (Å²) in [5.74, 6) is 5.03. The van der Waals surface area contributed by atoms with Crippen LogP contribution < -0.4 is 11.3 Å². The summed E-state index contributed by atoms with van der Waals surface area (Å²) < 4.78 is 5.60. The Morgan fingerprint density at radius 1 is 1.33 bits per heavy atom. The Morgan fingerprint density at radius 2 is 2.14 bits per heavy atom. The highest BCUT2D eigenvalue weighted by Crippen LogP contribution is 2.28. The Kier molecular flexibility index (Phi) is 3.62. The van der Waals surface area contributed by atoms with E-state index in [9.17, 15) is 9.59 Å². The molecule has 0 aliphatic carbocycles. The van der Waals surface area contributed by atoms with E-state index in [0.717, 1.165) is 18.2 Å². The maximum Gasteiger partial charge on any atom is 0.301 e. The number of hydrazine groups is 1. The van der Waals surface area contributed by atoms with Gasteiger partial charge in [0.15, 0.2) is 5.76 Å². The van der Waals surface area contributed by atoms with Gasteiger partial charge >= 0.3 is 5.91 Å². The molecule has 1 fully saturated rings. The van der Waals surface area contributed by atoms with Gasteiger partial charge in [-0.15, -0.1) is 0 Å². The second-order valence-electron chi connectivity index (χ2n) is 5.15. The summed E-state index contributed by atoms with van der Waals surface area (Å²) in [6, 6.07) is 7.40. The van der Waals surface area contributed by atoms with Crippen molar-refractivity contribution in [2.45, 2.75) is 25.8 Å². The van der Waals surface area contributed by atoms with Crippen molar-refractivity contribution in [3.8, 4) is 0 Å². The van der Waals surface area contributed by atoms with Gasteiger partial charge < -0.3 is 9.32 Å². The van der Waals surface area contributed by atoms with E-state index >= 15 is 0 Å². The van der Waals surface area contributed by atoms with Gasteiger partial charge in [-0.3, -0.25) is 15.0 Å². The lowest BCUT2D eigenvalue weighted by Gasteiger charge is -2.26. The quantitative estimate of drug-likeness (QED) is 0.509. The molecule has 0 atom stereocenters. The number of nitrogens with zero attached hydrogens (tertiary/aromatic N) is 1. The van der Waals surface area contributed by atoms with Gasteiger partial charge in [0.1, 0.15) is 5.58 Å². The molecule has 1 saturated heterocycles. The van der Waals surface area contributed by atoms with E-state index in [0.29, 0.717) is 30.7 Å². The van der Waals surface area contributed by atoms with Crippen LogP contribution in [0, 0.1) is 0 Å². The summed E-state index contributed by atoms with van der Waals surface area (Å²) in [6.45, 7) is 1.08. The molecule has 0 saturated carbocycles.